The van der Waals surface area contributed by atoms with Crippen molar-refractivity contribution in [2.75, 3.05) is 9.80 Å². The van der Waals surface area contributed by atoms with Gasteiger partial charge in [-0.25, -0.2) is 0 Å². The van der Waals surface area contributed by atoms with Crippen molar-refractivity contribution >= 4 is 61.3 Å². The monoisotopic (exact) mass is 758 g/mol. The maximum Gasteiger partial charge on any atom is 0.129 e. The van der Waals surface area contributed by atoms with Crippen molar-refractivity contribution in [3.8, 4) is 34.4 Å². The lowest BCUT2D eigenvalue weighted by Gasteiger charge is -2.34. The third-order valence-electron chi connectivity index (χ3n) is 11.5. The second kappa shape index (κ2) is 14.9. The lowest BCUT2D eigenvalue weighted by molar-refractivity contribution is 0.693. The summed E-state index contributed by atoms with van der Waals surface area (Å²) < 4.78 is 0. The zero-order chi connectivity index (χ0) is 39.9. The van der Waals surface area contributed by atoms with Crippen LogP contribution in [0.4, 0.5) is 22.7 Å². The number of allylic oxidation sites excluding steroid dienone is 3. The first kappa shape index (κ1) is 35.5. The van der Waals surface area contributed by atoms with Gasteiger partial charge in [-0.1, -0.05) is 127 Å². The molecule has 2 heterocycles. The first-order valence-corrected chi connectivity index (χ1v) is 19.9. The molecule has 1 N–H and O–H groups in total. The number of rotatable bonds is 8. The average Bonchev–Trinajstić information content (AvgIpc) is 3.30. The van der Waals surface area contributed by atoms with Gasteiger partial charge < -0.3 is 10.2 Å². The number of benzene rings is 8. The van der Waals surface area contributed by atoms with E-state index < -0.39 is 0 Å². The predicted molar refractivity (Wildman–Crippen MR) is 243 cm³/mol. The van der Waals surface area contributed by atoms with E-state index in [2.05, 4.69) is 156 Å². The minimum Gasteiger partial charge on any atom is -0.365 e. The Morgan fingerprint density at radius 2 is 1.15 bits per heavy atom. The SMILES string of the molecule is CC1C=CC=C(N(c2ccc(-c3ccccc3)cc2C#N)c2ccc3ccc4c(N(c5ccc(-c6ccccc6)cc5C#N)[C@@H]5CC=CC=N5)ccc5ccc2c3c54)N1. The Morgan fingerprint density at radius 1 is 0.593 bits per heavy atom. The normalized spacial score (nSPS) is 15.8. The van der Waals surface area contributed by atoms with Gasteiger partial charge in [-0.2, -0.15) is 10.5 Å². The molecule has 1 unspecified atom stereocenters. The molecule has 280 valence electrons. The molecule has 0 bridgehead atoms. The molecular weight excluding hydrogens is 721 g/mol. The van der Waals surface area contributed by atoms with E-state index in [0.29, 0.717) is 17.5 Å². The quantitative estimate of drug-likeness (QED) is 0.156. The van der Waals surface area contributed by atoms with E-state index >= 15 is 0 Å². The van der Waals surface area contributed by atoms with Gasteiger partial charge >= 0.3 is 0 Å². The summed E-state index contributed by atoms with van der Waals surface area (Å²) in [4.78, 5) is 9.41. The van der Waals surface area contributed by atoms with Gasteiger partial charge in [0.25, 0.3) is 0 Å². The lowest BCUT2D eigenvalue weighted by Crippen LogP contribution is -2.35. The van der Waals surface area contributed by atoms with Gasteiger partial charge in [0.1, 0.15) is 24.1 Å². The van der Waals surface area contributed by atoms with Crippen molar-refractivity contribution in [1.82, 2.24) is 5.32 Å². The van der Waals surface area contributed by atoms with Crippen molar-refractivity contribution in [3.63, 3.8) is 0 Å². The lowest BCUT2D eigenvalue weighted by atomic mass is 9.91. The Hall–Kier alpha value is -7.93. The summed E-state index contributed by atoms with van der Waals surface area (Å²) in [5.41, 5.74) is 8.82. The molecule has 8 aromatic carbocycles. The largest absolute Gasteiger partial charge is 0.365 e. The van der Waals surface area contributed by atoms with E-state index in [4.69, 9.17) is 4.99 Å². The van der Waals surface area contributed by atoms with Crippen LogP contribution < -0.4 is 15.1 Å². The number of aliphatic imine (C=N–C) groups is 1. The van der Waals surface area contributed by atoms with Crippen molar-refractivity contribution in [2.24, 2.45) is 4.99 Å². The van der Waals surface area contributed by atoms with E-state index in [1.54, 1.807) is 0 Å². The fourth-order valence-corrected chi connectivity index (χ4v) is 8.72. The van der Waals surface area contributed by atoms with Crippen LogP contribution in [0.15, 0.2) is 187 Å². The molecule has 0 radical (unpaired) electrons. The topological polar surface area (TPSA) is 78.5 Å². The highest BCUT2D eigenvalue weighted by atomic mass is 15.3. The molecule has 59 heavy (non-hydrogen) atoms. The van der Waals surface area contributed by atoms with E-state index in [-0.39, 0.29) is 12.2 Å². The standard InChI is InChI=1S/C53H38N6/c1-35-11-10-17-51(57-35)59(47-27-23-41(32-43(47)34-55)37-14-6-3-7-15-37)49-29-21-39-18-24-44-48(28-20-38-19-25-45(49)53(39)52(38)44)58(50-16-8-9-30-56-50)46-26-22-40(31-42(46)33-54)36-12-4-2-5-13-36/h2-15,17-32,35,50,57H,16H2,1H3/t35?,50-/m1/s1. The van der Waals surface area contributed by atoms with Gasteiger partial charge in [-0.3, -0.25) is 9.89 Å². The Labute approximate surface area is 343 Å². The summed E-state index contributed by atoms with van der Waals surface area (Å²) in [6.07, 6.45) is 12.7. The Bertz CT molecular complexity index is 3110. The van der Waals surface area contributed by atoms with Crippen LogP contribution in [0, 0.1) is 22.7 Å². The molecule has 6 nitrogen and oxygen atoms in total. The fourth-order valence-electron chi connectivity index (χ4n) is 8.72. The number of hydrogen-bond donors (Lipinski definition) is 1. The Balaban J connectivity index is 1.18. The minimum atomic E-state index is -0.248. The van der Waals surface area contributed by atoms with Gasteiger partial charge in [0.15, 0.2) is 0 Å². The van der Waals surface area contributed by atoms with Crippen LogP contribution in [0.2, 0.25) is 0 Å². The molecule has 0 aliphatic carbocycles. The fraction of sp³-hybridized carbons (Fsp3) is 0.0755. The molecule has 0 fully saturated rings. The van der Waals surface area contributed by atoms with Crippen LogP contribution >= 0.6 is 0 Å². The van der Waals surface area contributed by atoms with Crippen molar-refractivity contribution < 1.29 is 0 Å². The van der Waals surface area contributed by atoms with Crippen molar-refractivity contribution in [1.29, 1.82) is 10.5 Å². The van der Waals surface area contributed by atoms with Crippen molar-refractivity contribution in [3.05, 3.63) is 193 Å². The molecular formula is C53H38N6. The molecule has 0 saturated carbocycles. The Morgan fingerprint density at radius 3 is 1.75 bits per heavy atom. The van der Waals surface area contributed by atoms with Crippen LogP contribution in [0.1, 0.15) is 24.5 Å². The minimum absolute atomic E-state index is 0.0947. The molecule has 0 amide bonds. The van der Waals surface area contributed by atoms with Gasteiger partial charge in [-0.15, -0.1) is 0 Å². The molecule has 0 spiro atoms. The third kappa shape index (κ3) is 6.25. The van der Waals surface area contributed by atoms with Gasteiger partial charge in [0.05, 0.1) is 33.9 Å². The number of anilines is 4. The van der Waals surface area contributed by atoms with Crippen LogP contribution in [0.5, 0.6) is 0 Å². The molecule has 0 saturated heterocycles. The van der Waals surface area contributed by atoms with Crippen molar-refractivity contribution in [2.45, 2.75) is 25.6 Å². The first-order valence-electron chi connectivity index (χ1n) is 19.9. The van der Waals surface area contributed by atoms with Crippen LogP contribution in [0.3, 0.4) is 0 Å². The van der Waals surface area contributed by atoms with Crippen LogP contribution in [0.25, 0.3) is 54.6 Å². The smallest absolute Gasteiger partial charge is 0.129 e. The van der Waals surface area contributed by atoms with Gasteiger partial charge in [0, 0.05) is 29.4 Å². The third-order valence-corrected chi connectivity index (χ3v) is 11.5. The maximum absolute atomic E-state index is 10.7. The molecule has 8 aromatic rings. The summed E-state index contributed by atoms with van der Waals surface area (Å²) in [5.74, 6) is 0.886. The molecule has 2 aliphatic heterocycles. The second-order valence-corrected chi connectivity index (χ2v) is 15.0. The van der Waals surface area contributed by atoms with E-state index in [0.717, 1.165) is 83.1 Å². The van der Waals surface area contributed by atoms with Crippen LogP contribution in [-0.2, 0) is 0 Å². The molecule has 2 atom stereocenters. The number of nitrogens with zero attached hydrogens (tertiary/aromatic N) is 5. The molecule has 6 heteroatoms. The number of hydrogen-bond acceptors (Lipinski definition) is 6. The summed E-state index contributed by atoms with van der Waals surface area (Å²) in [7, 11) is 0. The highest BCUT2D eigenvalue weighted by molar-refractivity contribution is 6.28. The number of dihydropyridines is 2. The van der Waals surface area contributed by atoms with Gasteiger partial charge in [0.2, 0.25) is 0 Å². The van der Waals surface area contributed by atoms with Gasteiger partial charge in [-0.05, 0) is 99.3 Å². The zero-order valence-electron chi connectivity index (χ0n) is 32.4. The zero-order valence-corrected chi connectivity index (χ0v) is 32.4. The Kier molecular flexibility index (Phi) is 8.94. The number of nitriles is 2. The molecule has 10 rings (SSSR count). The van der Waals surface area contributed by atoms with Crippen LogP contribution in [-0.4, -0.2) is 18.4 Å². The highest BCUT2D eigenvalue weighted by Gasteiger charge is 2.28. The predicted octanol–water partition coefficient (Wildman–Crippen LogP) is 12.7. The number of nitrogens with one attached hydrogen (secondary N) is 1. The second-order valence-electron chi connectivity index (χ2n) is 15.0. The first-order chi connectivity index (χ1) is 29.1. The van der Waals surface area contributed by atoms with E-state index in [1.165, 1.54) is 0 Å². The molecule has 0 aromatic heterocycles. The maximum atomic E-state index is 10.7. The highest BCUT2D eigenvalue weighted by Crippen LogP contribution is 2.47. The summed E-state index contributed by atoms with van der Waals surface area (Å²) >= 11 is 0. The van der Waals surface area contributed by atoms with E-state index in [1.807, 2.05) is 60.8 Å². The van der Waals surface area contributed by atoms with E-state index in [9.17, 15) is 10.5 Å². The summed E-state index contributed by atoms with van der Waals surface area (Å²) in [6, 6.07) is 55.4. The summed E-state index contributed by atoms with van der Waals surface area (Å²) in [5, 5.41) is 31.7. The summed E-state index contributed by atoms with van der Waals surface area (Å²) in [6.45, 7) is 2.13. The molecule has 2 aliphatic rings. The average molecular weight is 759 g/mol.